The molecular formula is C9H13N3O2. The van der Waals surface area contributed by atoms with Crippen molar-refractivity contribution in [1.29, 1.82) is 0 Å². The number of hydrogen-bond donors (Lipinski definition) is 1. The number of carbonyl (C=O) groups excluding carboxylic acids is 1. The van der Waals surface area contributed by atoms with Crippen LogP contribution < -0.4 is 5.32 Å². The quantitative estimate of drug-likeness (QED) is 0.756. The summed E-state index contributed by atoms with van der Waals surface area (Å²) in [5.74, 6) is -0.0802. The lowest BCUT2D eigenvalue weighted by atomic mass is 10.3. The minimum atomic E-state index is -0.0802. The van der Waals surface area contributed by atoms with Crippen LogP contribution in [-0.2, 0) is 11.3 Å². The van der Waals surface area contributed by atoms with Crippen LogP contribution in [0.4, 0.5) is 0 Å². The van der Waals surface area contributed by atoms with Crippen molar-refractivity contribution >= 4 is 5.91 Å². The molecule has 0 aromatic carbocycles. The van der Waals surface area contributed by atoms with Gasteiger partial charge in [0.25, 0.3) is 5.91 Å². The zero-order valence-electron chi connectivity index (χ0n) is 8.28. The summed E-state index contributed by atoms with van der Waals surface area (Å²) in [4.78, 5) is 15.3. The maximum atomic E-state index is 11.2. The van der Waals surface area contributed by atoms with Crippen LogP contribution >= 0.6 is 0 Å². The molecule has 0 saturated carbocycles. The van der Waals surface area contributed by atoms with Crippen LogP contribution in [0.5, 0.6) is 0 Å². The molecule has 14 heavy (non-hydrogen) atoms. The smallest absolute Gasteiger partial charge is 0.272 e. The number of carbonyl (C=O) groups is 1. The van der Waals surface area contributed by atoms with Crippen molar-refractivity contribution in [3.63, 3.8) is 0 Å². The van der Waals surface area contributed by atoms with E-state index in [1.54, 1.807) is 13.4 Å². The van der Waals surface area contributed by atoms with Gasteiger partial charge in [-0.2, -0.15) is 0 Å². The van der Waals surface area contributed by atoms with E-state index in [0.717, 1.165) is 5.69 Å². The van der Waals surface area contributed by atoms with Gasteiger partial charge in [0.15, 0.2) is 5.69 Å². The normalized spacial score (nSPS) is 16.6. The molecule has 0 saturated heterocycles. The molecule has 1 aliphatic heterocycles. The molecule has 1 atom stereocenters. The molecule has 0 aliphatic carbocycles. The fraction of sp³-hybridized carbons (Fsp3) is 0.556. The van der Waals surface area contributed by atoms with Crippen molar-refractivity contribution in [2.75, 3.05) is 13.7 Å². The Morgan fingerprint density at radius 2 is 2.57 bits per heavy atom. The average molecular weight is 195 g/mol. The molecule has 0 spiro atoms. The molecule has 0 unspecified atom stereocenters. The maximum Gasteiger partial charge on any atom is 0.272 e. The monoisotopic (exact) mass is 195 g/mol. The van der Waals surface area contributed by atoms with Crippen molar-refractivity contribution < 1.29 is 9.53 Å². The van der Waals surface area contributed by atoms with Gasteiger partial charge in [0.2, 0.25) is 0 Å². The number of aromatic nitrogens is 2. The van der Waals surface area contributed by atoms with Crippen LogP contribution in [-0.4, -0.2) is 29.2 Å². The molecule has 0 fully saturated rings. The third-order valence-corrected chi connectivity index (χ3v) is 2.41. The predicted molar refractivity (Wildman–Crippen MR) is 50.0 cm³/mol. The number of nitrogens with zero attached hydrogens (tertiary/aromatic N) is 2. The zero-order valence-corrected chi connectivity index (χ0v) is 8.28. The Labute approximate surface area is 82.1 Å². The molecule has 2 heterocycles. The summed E-state index contributed by atoms with van der Waals surface area (Å²) in [7, 11) is 1.66. The lowest BCUT2D eigenvalue weighted by Crippen LogP contribution is -2.16. The van der Waals surface area contributed by atoms with Crippen molar-refractivity contribution in [3.8, 4) is 0 Å². The molecular weight excluding hydrogens is 182 g/mol. The van der Waals surface area contributed by atoms with Gasteiger partial charge in [-0.15, -0.1) is 0 Å². The van der Waals surface area contributed by atoms with E-state index in [2.05, 4.69) is 10.3 Å². The van der Waals surface area contributed by atoms with E-state index in [0.29, 0.717) is 18.8 Å². The number of rotatable bonds is 3. The second-order valence-corrected chi connectivity index (χ2v) is 3.43. The van der Waals surface area contributed by atoms with Gasteiger partial charge in [0.05, 0.1) is 31.2 Å². The molecule has 0 radical (unpaired) electrons. The van der Waals surface area contributed by atoms with E-state index in [4.69, 9.17) is 4.74 Å². The number of fused-ring (bicyclic) bond motifs is 1. The third kappa shape index (κ3) is 1.29. The van der Waals surface area contributed by atoms with Crippen LogP contribution in [0.1, 0.15) is 29.1 Å². The van der Waals surface area contributed by atoms with E-state index < -0.39 is 0 Å². The molecule has 1 N–H and O–H groups in total. The highest BCUT2D eigenvalue weighted by Gasteiger charge is 2.25. The number of nitrogens with one attached hydrogen (secondary N) is 1. The molecule has 5 nitrogen and oxygen atoms in total. The lowest BCUT2D eigenvalue weighted by Gasteiger charge is -2.13. The lowest BCUT2D eigenvalue weighted by molar-refractivity contribution is 0.0961. The molecule has 76 valence electrons. The van der Waals surface area contributed by atoms with Crippen LogP contribution in [0.25, 0.3) is 0 Å². The summed E-state index contributed by atoms with van der Waals surface area (Å²) in [5.41, 5.74) is 1.51. The molecule has 1 amide bonds. The highest BCUT2D eigenvalue weighted by atomic mass is 16.5. The number of methoxy groups -OCH3 is 1. The summed E-state index contributed by atoms with van der Waals surface area (Å²) in [5, 5.41) is 2.74. The van der Waals surface area contributed by atoms with E-state index in [9.17, 15) is 4.79 Å². The number of hydrogen-bond acceptors (Lipinski definition) is 3. The number of amides is 1. The highest BCUT2D eigenvalue weighted by Crippen LogP contribution is 2.18. The topological polar surface area (TPSA) is 56.1 Å². The summed E-state index contributed by atoms with van der Waals surface area (Å²) < 4.78 is 7.04. The van der Waals surface area contributed by atoms with Crippen LogP contribution in [0.2, 0.25) is 0 Å². The van der Waals surface area contributed by atoms with Gasteiger partial charge in [0.1, 0.15) is 0 Å². The Morgan fingerprint density at radius 1 is 1.79 bits per heavy atom. The fourth-order valence-corrected chi connectivity index (χ4v) is 1.70. The van der Waals surface area contributed by atoms with Gasteiger partial charge in [0, 0.05) is 7.11 Å². The second kappa shape index (κ2) is 3.42. The van der Waals surface area contributed by atoms with Crippen molar-refractivity contribution in [1.82, 2.24) is 14.9 Å². The third-order valence-electron chi connectivity index (χ3n) is 2.41. The van der Waals surface area contributed by atoms with E-state index in [-0.39, 0.29) is 11.9 Å². The Kier molecular flexibility index (Phi) is 2.25. The number of imidazole rings is 1. The minimum Gasteiger partial charge on any atom is -0.383 e. The Balaban J connectivity index is 2.28. The average Bonchev–Trinajstić information content (AvgIpc) is 2.69. The molecule has 1 aliphatic rings. The van der Waals surface area contributed by atoms with Gasteiger partial charge in [-0.05, 0) is 6.92 Å². The second-order valence-electron chi connectivity index (χ2n) is 3.43. The van der Waals surface area contributed by atoms with Crippen molar-refractivity contribution in [3.05, 3.63) is 17.7 Å². The summed E-state index contributed by atoms with van der Waals surface area (Å²) in [6, 6.07) is 0.212. The fourth-order valence-electron chi connectivity index (χ4n) is 1.70. The summed E-state index contributed by atoms with van der Waals surface area (Å²) >= 11 is 0. The first-order valence-corrected chi connectivity index (χ1v) is 4.57. The van der Waals surface area contributed by atoms with E-state index in [1.807, 2.05) is 11.5 Å². The summed E-state index contributed by atoms with van der Waals surface area (Å²) in [6.45, 7) is 3.23. The zero-order chi connectivity index (χ0) is 10.1. The Morgan fingerprint density at radius 3 is 3.29 bits per heavy atom. The van der Waals surface area contributed by atoms with Crippen molar-refractivity contribution in [2.24, 2.45) is 0 Å². The largest absolute Gasteiger partial charge is 0.383 e. The highest BCUT2D eigenvalue weighted by molar-refractivity contribution is 5.95. The first kappa shape index (κ1) is 9.21. The SMILES string of the molecule is COC[C@@H](C)n1cnc2c1CNC2=O. The van der Waals surface area contributed by atoms with Gasteiger partial charge in [-0.25, -0.2) is 4.98 Å². The van der Waals surface area contributed by atoms with Gasteiger partial charge in [-0.1, -0.05) is 0 Å². The standard InChI is InChI=1S/C9H13N3O2/c1-6(4-14-2)12-5-11-8-7(12)3-10-9(8)13/h5-6H,3-4H2,1-2H3,(H,10,13)/t6-/m1/s1. The summed E-state index contributed by atoms with van der Waals surface area (Å²) in [6.07, 6.45) is 1.70. The molecule has 0 bridgehead atoms. The molecule has 1 aromatic rings. The van der Waals surface area contributed by atoms with Gasteiger partial charge < -0.3 is 14.6 Å². The molecule has 2 rings (SSSR count). The van der Waals surface area contributed by atoms with E-state index >= 15 is 0 Å². The van der Waals surface area contributed by atoms with Gasteiger partial charge >= 0.3 is 0 Å². The van der Waals surface area contributed by atoms with Crippen LogP contribution in [0, 0.1) is 0 Å². The Bertz CT molecular complexity index is 359. The van der Waals surface area contributed by atoms with Crippen LogP contribution in [0.15, 0.2) is 6.33 Å². The molecule has 5 heteroatoms. The number of ether oxygens (including phenoxy) is 1. The Hall–Kier alpha value is -1.36. The first-order chi connectivity index (χ1) is 6.74. The first-order valence-electron chi connectivity index (χ1n) is 4.57. The minimum absolute atomic E-state index is 0.0802. The van der Waals surface area contributed by atoms with Gasteiger partial charge in [-0.3, -0.25) is 4.79 Å². The van der Waals surface area contributed by atoms with Crippen molar-refractivity contribution in [2.45, 2.75) is 19.5 Å². The molecule has 1 aromatic heterocycles. The predicted octanol–water partition coefficient (Wildman–Crippen LogP) is 0.334. The van der Waals surface area contributed by atoms with E-state index in [1.165, 1.54) is 0 Å². The van der Waals surface area contributed by atoms with Crippen LogP contribution in [0.3, 0.4) is 0 Å². The maximum absolute atomic E-state index is 11.2.